The molecule has 1 aromatic rings. The van der Waals surface area contributed by atoms with Crippen molar-refractivity contribution >= 4 is 11.4 Å². The minimum Gasteiger partial charge on any atom is -0.750 e. The summed E-state index contributed by atoms with van der Waals surface area (Å²) >= 11 is -2.44. The molecule has 1 fully saturated rings. The van der Waals surface area contributed by atoms with E-state index >= 15 is 0 Å². The van der Waals surface area contributed by atoms with Crippen molar-refractivity contribution in [3.8, 4) is 0 Å². The van der Waals surface area contributed by atoms with Crippen LogP contribution in [0.25, 0.3) is 0 Å². The van der Waals surface area contributed by atoms with Crippen LogP contribution in [0.3, 0.4) is 0 Å². The number of piperazine rings is 1. The smallest absolute Gasteiger partial charge is 0.0879 e. The van der Waals surface area contributed by atoms with Gasteiger partial charge >= 0.3 is 0 Å². The van der Waals surface area contributed by atoms with Gasteiger partial charge in [0.15, 0.2) is 0 Å². The zero-order valence-corrected chi connectivity index (χ0v) is 10.9. The molecule has 1 heterocycles. The molecule has 1 aliphatic rings. The summed E-state index contributed by atoms with van der Waals surface area (Å²) in [5, 5.41) is 3.32. The maximum atomic E-state index is 10.3. The molecule has 18 heavy (non-hydrogen) atoms. The van der Waals surface area contributed by atoms with E-state index in [2.05, 4.69) is 14.4 Å². The second-order valence-electron chi connectivity index (χ2n) is 4.31. The van der Waals surface area contributed by atoms with Crippen LogP contribution in [0.5, 0.6) is 0 Å². The highest BCUT2D eigenvalue weighted by Gasteiger charge is 2.09. The Hall–Kier alpha value is -0.790. The van der Waals surface area contributed by atoms with Gasteiger partial charge in [0, 0.05) is 32.7 Å². The van der Waals surface area contributed by atoms with Gasteiger partial charge < -0.3 is 9.87 Å². The summed E-state index contributed by atoms with van der Waals surface area (Å²) in [6.07, 6.45) is 0. The van der Waals surface area contributed by atoms with Gasteiger partial charge in [0.2, 0.25) is 0 Å². The lowest BCUT2D eigenvalue weighted by Gasteiger charge is -2.27. The predicted octanol–water partition coefficient (Wildman–Crippen LogP) is 0.402. The Morgan fingerprint density at radius 2 is 1.83 bits per heavy atom. The molecule has 1 aliphatic heterocycles. The Morgan fingerprint density at radius 3 is 2.44 bits per heavy atom. The summed E-state index contributed by atoms with van der Waals surface area (Å²) in [5.74, 6) is 0. The Morgan fingerprint density at radius 1 is 1.22 bits per heavy atom. The maximum Gasteiger partial charge on any atom is 0.0879 e. The van der Waals surface area contributed by atoms with Crippen LogP contribution < -0.4 is 5.32 Å². The molecule has 0 bridgehead atoms. The molecule has 1 N–H and O–H groups in total. The van der Waals surface area contributed by atoms with E-state index in [0.29, 0.717) is 0 Å². The molecular weight excluding hydrogens is 252 g/mol. The molecule has 0 aliphatic carbocycles. The van der Waals surface area contributed by atoms with Crippen molar-refractivity contribution in [3.05, 3.63) is 35.4 Å². The lowest BCUT2D eigenvalue weighted by Crippen LogP contribution is -2.42. The third kappa shape index (κ3) is 4.47. The topological polar surface area (TPSA) is 64.6 Å². The summed E-state index contributed by atoms with van der Waals surface area (Å²) in [7, 11) is 0. The van der Waals surface area contributed by atoms with Gasteiger partial charge in [-0.3, -0.25) is 9.08 Å². The fourth-order valence-electron chi connectivity index (χ4n) is 1.98. The molecule has 0 amide bonds. The molecule has 1 saturated heterocycles. The van der Waals surface area contributed by atoms with Crippen LogP contribution in [-0.4, -0.2) is 39.8 Å². The van der Waals surface area contributed by atoms with E-state index < -0.39 is 11.4 Å². The lowest BCUT2D eigenvalue weighted by molar-refractivity contribution is 0.233. The van der Waals surface area contributed by atoms with E-state index in [1.54, 1.807) is 0 Å². The SMILES string of the molecule is O=S([O-])OCc1ccc(CN2CCNCC2)cc1. The van der Waals surface area contributed by atoms with Gasteiger partial charge in [-0.1, -0.05) is 24.3 Å². The first-order valence-corrected chi connectivity index (χ1v) is 6.97. The largest absolute Gasteiger partial charge is 0.750 e. The van der Waals surface area contributed by atoms with Crippen molar-refractivity contribution in [1.82, 2.24) is 10.2 Å². The van der Waals surface area contributed by atoms with Crippen molar-refractivity contribution in [2.75, 3.05) is 26.2 Å². The van der Waals surface area contributed by atoms with Crippen LogP contribution in [0, 0.1) is 0 Å². The highest BCUT2D eigenvalue weighted by Crippen LogP contribution is 2.09. The van der Waals surface area contributed by atoms with Crippen molar-refractivity contribution < 1.29 is 12.9 Å². The fourth-order valence-corrected chi connectivity index (χ4v) is 2.22. The molecule has 0 spiro atoms. The van der Waals surface area contributed by atoms with E-state index in [0.717, 1.165) is 38.3 Å². The summed E-state index contributed by atoms with van der Waals surface area (Å²) < 4.78 is 25.1. The van der Waals surface area contributed by atoms with Crippen molar-refractivity contribution in [3.63, 3.8) is 0 Å². The standard InChI is InChI=1S/C12H18N2O3S/c15-18(16)17-10-12-3-1-11(2-4-12)9-14-7-5-13-6-8-14/h1-4,13H,5-10H2,(H,15,16)/p-1. The van der Waals surface area contributed by atoms with Crippen molar-refractivity contribution in [2.45, 2.75) is 13.2 Å². The molecule has 1 unspecified atom stereocenters. The van der Waals surface area contributed by atoms with Gasteiger partial charge in [-0.15, -0.1) is 0 Å². The van der Waals surface area contributed by atoms with Crippen LogP contribution in [0.4, 0.5) is 0 Å². The quantitative estimate of drug-likeness (QED) is 0.784. The number of nitrogens with one attached hydrogen (secondary N) is 1. The second kappa shape index (κ2) is 6.96. The number of hydrogen-bond acceptors (Lipinski definition) is 5. The molecular formula is C12H17N2O3S-. The molecule has 1 aromatic carbocycles. The summed E-state index contributed by atoms with van der Waals surface area (Å²) in [5.41, 5.74) is 2.10. The molecule has 5 nitrogen and oxygen atoms in total. The maximum absolute atomic E-state index is 10.3. The summed E-state index contributed by atoms with van der Waals surface area (Å²) in [6, 6.07) is 7.86. The average Bonchev–Trinajstić information content (AvgIpc) is 2.39. The number of hydrogen-bond donors (Lipinski definition) is 1. The van der Waals surface area contributed by atoms with E-state index in [9.17, 15) is 8.76 Å². The Kier molecular flexibility index (Phi) is 5.27. The average molecular weight is 269 g/mol. The predicted molar refractivity (Wildman–Crippen MR) is 68.3 cm³/mol. The van der Waals surface area contributed by atoms with Gasteiger partial charge in [0.1, 0.15) is 0 Å². The van der Waals surface area contributed by atoms with Crippen LogP contribution in [0.1, 0.15) is 11.1 Å². The zero-order chi connectivity index (χ0) is 12.8. The number of rotatable bonds is 5. The van der Waals surface area contributed by atoms with Gasteiger partial charge in [-0.05, 0) is 11.1 Å². The molecule has 0 saturated carbocycles. The Balaban J connectivity index is 1.84. The van der Waals surface area contributed by atoms with E-state index in [-0.39, 0.29) is 6.61 Å². The van der Waals surface area contributed by atoms with Gasteiger partial charge in [-0.25, -0.2) is 4.21 Å². The first-order chi connectivity index (χ1) is 8.74. The minimum absolute atomic E-state index is 0.101. The molecule has 6 heteroatoms. The molecule has 0 radical (unpaired) electrons. The summed E-state index contributed by atoms with van der Waals surface area (Å²) in [6.45, 7) is 5.27. The van der Waals surface area contributed by atoms with Crippen LogP contribution >= 0.6 is 0 Å². The second-order valence-corrected chi connectivity index (χ2v) is 4.95. The first kappa shape index (κ1) is 13.6. The zero-order valence-electron chi connectivity index (χ0n) is 10.1. The third-order valence-corrected chi connectivity index (χ3v) is 3.27. The normalized spacial score (nSPS) is 18.7. The minimum atomic E-state index is -2.44. The van der Waals surface area contributed by atoms with Crippen molar-refractivity contribution in [2.24, 2.45) is 0 Å². The Bertz CT molecular complexity index is 391. The molecule has 2 rings (SSSR count). The molecule has 0 aromatic heterocycles. The third-order valence-electron chi connectivity index (χ3n) is 2.96. The van der Waals surface area contributed by atoms with Gasteiger partial charge in [-0.2, -0.15) is 0 Å². The lowest BCUT2D eigenvalue weighted by atomic mass is 10.1. The Labute approximate surface area is 110 Å². The molecule has 100 valence electrons. The van der Waals surface area contributed by atoms with Crippen LogP contribution in [0.2, 0.25) is 0 Å². The van der Waals surface area contributed by atoms with Crippen LogP contribution in [-0.2, 0) is 28.7 Å². The van der Waals surface area contributed by atoms with Gasteiger partial charge in [0.25, 0.3) is 0 Å². The summed E-state index contributed by atoms with van der Waals surface area (Å²) in [4.78, 5) is 2.40. The van der Waals surface area contributed by atoms with E-state index in [4.69, 9.17) is 0 Å². The monoisotopic (exact) mass is 269 g/mol. The van der Waals surface area contributed by atoms with E-state index in [1.807, 2.05) is 24.3 Å². The van der Waals surface area contributed by atoms with Crippen molar-refractivity contribution in [1.29, 1.82) is 0 Å². The highest BCUT2D eigenvalue weighted by atomic mass is 32.2. The number of nitrogens with zero attached hydrogens (tertiary/aromatic N) is 1. The molecule has 1 atom stereocenters. The first-order valence-electron chi connectivity index (χ1n) is 5.97. The number of benzene rings is 1. The van der Waals surface area contributed by atoms with Gasteiger partial charge in [0.05, 0.1) is 18.0 Å². The highest BCUT2D eigenvalue weighted by molar-refractivity contribution is 7.74. The van der Waals surface area contributed by atoms with Crippen LogP contribution in [0.15, 0.2) is 24.3 Å². The fraction of sp³-hybridized carbons (Fsp3) is 0.500. The van der Waals surface area contributed by atoms with E-state index in [1.165, 1.54) is 5.56 Å².